The van der Waals surface area contributed by atoms with Gasteiger partial charge in [0.2, 0.25) is 0 Å². The summed E-state index contributed by atoms with van der Waals surface area (Å²) in [6.45, 7) is 2.80. The van der Waals surface area contributed by atoms with Crippen molar-refractivity contribution < 1.29 is 14.7 Å². The average molecular weight is 252 g/mol. The number of amides is 2. The summed E-state index contributed by atoms with van der Waals surface area (Å²) in [7, 11) is 0. The van der Waals surface area contributed by atoms with Gasteiger partial charge in [0.25, 0.3) is 0 Å². The van der Waals surface area contributed by atoms with Crippen LogP contribution >= 0.6 is 0 Å². The number of aliphatic carboxylic acids is 1. The highest BCUT2D eigenvalue weighted by Crippen LogP contribution is 2.33. The number of carbonyl (C=O) groups excluding carboxylic acids is 1. The van der Waals surface area contributed by atoms with Gasteiger partial charge in [-0.2, -0.15) is 0 Å². The third kappa shape index (κ3) is 2.76. The molecule has 1 heterocycles. The number of urea groups is 1. The van der Waals surface area contributed by atoms with Gasteiger partial charge in [0, 0.05) is 19.5 Å². The van der Waals surface area contributed by atoms with Gasteiger partial charge in [-0.25, -0.2) is 9.59 Å². The summed E-state index contributed by atoms with van der Waals surface area (Å²) >= 11 is 0. The molecule has 0 aromatic heterocycles. The van der Waals surface area contributed by atoms with Crippen LogP contribution < -0.4 is 5.32 Å². The van der Waals surface area contributed by atoms with Crippen LogP contribution in [0.2, 0.25) is 0 Å². The van der Waals surface area contributed by atoms with Crippen molar-refractivity contribution in [1.29, 1.82) is 0 Å². The van der Waals surface area contributed by atoms with Crippen LogP contribution in [-0.4, -0.2) is 40.6 Å². The second-order valence-corrected chi connectivity index (χ2v) is 4.53. The zero-order chi connectivity index (χ0) is 13.6. The average Bonchev–Trinajstić information content (AvgIpc) is 2.75. The van der Waals surface area contributed by atoms with E-state index in [1.54, 1.807) is 0 Å². The normalized spacial score (nSPS) is 22.6. The predicted molar refractivity (Wildman–Crippen MR) is 68.1 cm³/mol. The van der Waals surface area contributed by atoms with Gasteiger partial charge in [-0.1, -0.05) is 13.3 Å². The molecule has 1 unspecified atom stereocenters. The number of terminal acetylenes is 1. The summed E-state index contributed by atoms with van der Waals surface area (Å²) in [6, 6.07) is -0.321. The summed E-state index contributed by atoms with van der Waals surface area (Å²) in [4.78, 5) is 25.0. The number of carboxylic acid groups (broad SMARTS) is 1. The number of nitrogens with one attached hydrogen (secondary N) is 1. The van der Waals surface area contributed by atoms with Crippen molar-refractivity contribution >= 4 is 12.0 Å². The molecule has 0 aromatic rings. The number of nitrogens with zero attached hydrogens (tertiary/aromatic N) is 1. The second kappa shape index (κ2) is 6.29. The Hall–Kier alpha value is -1.70. The molecule has 1 aliphatic heterocycles. The van der Waals surface area contributed by atoms with E-state index in [9.17, 15) is 14.7 Å². The van der Waals surface area contributed by atoms with Crippen LogP contribution in [0.1, 0.15) is 39.0 Å². The standard InChI is InChI=1S/C13H20N2O3/c1-3-5-9-14-12(18)15-10-6-8-13(15,7-4-2)11(16)17/h1H,4-10H2,2H3,(H,14,18)(H,16,17). The van der Waals surface area contributed by atoms with Crippen molar-refractivity contribution in [3.63, 3.8) is 0 Å². The molecule has 2 amide bonds. The van der Waals surface area contributed by atoms with Gasteiger partial charge < -0.3 is 15.3 Å². The highest BCUT2D eigenvalue weighted by Gasteiger charge is 2.49. The molecule has 0 spiro atoms. The van der Waals surface area contributed by atoms with Gasteiger partial charge in [0.15, 0.2) is 0 Å². The van der Waals surface area contributed by atoms with Crippen molar-refractivity contribution in [2.45, 2.75) is 44.6 Å². The van der Waals surface area contributed by atoms with E-state index in [4.69, 9.17) is 6.42 Å². The third-order valence-electron chi connectivity index (χ3n) is 3.34. The number of hydrogen-bond donors (Lipinski definition) is 2. The maximum Gasteiger partial charge on any atom is 0.329 e. The molecule has 0 bridgehead atoms. The fourth-order valence-electron chi connectivity index (χ4n) is 2.51. The van der Waals surface area contributed by atoms with Crippen molar-refractivity contribution in [2.24, 2.45) is 0 Å². The first-order valence-electron chi connectivity index (χ1n) is 6.31. The molecule has 0 aliphatic carbocycles. The van der Waals surface area contributed by atoms with Crippen LogP contribution in [0, 0.1) is 12.3 Å². The zero-order valence-electron chi connectivity index (χ0n) is 10.7. The molecule has 100 valence electrons. The topological polar surface area (TPSA) is 69.6 Å². The molecule has 1 fully saturated rings. The Balaban J connectivity index is 2.76. The number of rotatable bonds is 5. The van der Waals surface area contributed by atoms with Crippen LogP contribution in [0.15, 0.2) is 0 Å². The molecule has 1 aliphatic rings. The van der Waals surface area contributed by atoms with E-state index >= 15 is 0 Å². The Morgan fingerprint density at radius 1 is 1.56 bits per heavy atom. The fraction of sp³-hybridized carbons (Fsp3) is 0.692. The van der Waals surface area contributed by atoms with Crippen LogP contribution in [-0.2, 0) is 4.79 Å². The molecule has 2 N–H and O–H groups in total. The van der Waals surface area contributed by atoms with Gasteiger partial charge in [-0.05, 0) is 19.3 Å². The molecule has 5 nitrogen and oxygen atoms in total. The maximum absolute atomic E-state index is 12.0. The van der Waals surface area contributed by atoms with Crippen molar-refractivity contribution in [3.8, 4) is 12.3 Å². The Morgan fingerprint density at radius 2 is 2.28 bits per heavy atom. The molecule has 18 heavy (non-hydrogen) atoms. The Labute approximate surface area is 108 Å². The predicted octanol–water partition coefficient (Wildman–Crippen LogP) is 1.44. The molecule has 1 atom stereocenters. The maximum atomic E-state index is 12.0. The summed E-state index contributed by atoms with van der Waals surface area (Å²) in [5, 5.41) is 12.1. The molecule has 1 rings (SSSR count). The van der Waals surface area contributed by atoms with E-state index in [1.807, 2.05) is 6.92 Å². The molecule has 0 saturated carbocycles. The Morgan fingerprint density at radius 3 is 2.83 bits per heavy atom. The summed E-state index contributed by atoms with van der Waals surface area (Å²) < 4.78 is 0. The van der Waals surface area contributed by atoms with Crippen LogP contribution in [0.25, 0.3) is 0 Å². The lowest BCUT2D eigenvalue weighted by molar-refractivity contribution is -0.148. The first kappa shape index (κ1) is 14.4. The van der Waals surface area contributed by atoms with Crippen molar-refractivity contribution in [2.75, 3.05) is 13.1 Å². The van der Waals surface area contributed by atoms with E-state index in [2.05, 4.69) is 11.2 Å². The van der Waals surface area contributed by atoms with Gasteiger partial charge >= 0.3 is 12.0 Å². The van der Waals surface area contributed by atoms with E-state index in [0.29, 0.717) is 32.4 Å². The molecule has 1 saturated heterocycles. The molecular weight excluding hydrogens is 232 g/mol. The Bertz CT molecular complexity index is 362. The highest BCUT2D eigenvalue weighted by atomic mass is 16.4. The quantitative estimate of drug-likeness (QED) is 0.574. The SMILES string of the molecule is C#CCCNC(=O)N1CCCC1(CCC)C(=O)O. The molecule has 5 heteroatoms. The summed E-state index contributed by atoms with van der Waals surface area (Å²) in [5.74, 6) is 1.52. The number of carboxylic acids is 1. The molecular formula is C13H20N2O3. The minimum Gasteiger partial charge on any atom is -0.479 e. The summed E-state index contributed by atoms with van der Waals surface area (Å²) in [6.07, 6.45) is 8.05. The minimum absolute atomic E-state index is 0.321. The van der Waals surface area contributed by atoms with Crippen molar-refractivity contribution in [1.82, 2.24) is 10.2 Å². The Kier molecular flexibility index (Phi) is 5.02. The smallest absolute Gasteiger partial charge is 0.329 e. The van der Waals surface area contributed by atoms with Gasteiger partial charge in [-0.3, -0.25) is 0 Å². The molecule has 0 aromatic carbocycles. The van der Waals surface area contributed by atoms with Crippen LogP contribution in [0.4, 0.5) is 4.79 Å². The minimum atomic E-state index is -1.03. The van der Waals surface area contributed by atoms with Gasteiger partial charge in [0.05, 0.1) is 0 Å². The van der Waals surface area contributed by atoms with E-state index in [1.165, 1.54) is 4.90 Å². The highest BCUT2D eigenvalue weighted by molar-refractivity contribution is 5.87. The van der Waals surface area contributed by atoms with E-state index < -0.39 is 11.5 Å². The first-order valence-corrected chi connectivity index (χ1v) is 6.31. The lowest BCUT2D eigenvalue weighted by atomic mass is 9.91. The third-order valence-corrected chi connectivity index (χ3v) is 3.34. The lowest BCUT2D eigenvalue weighted by Gasteiger charge is -2.34. The van der Waals surface area contributed by atoms with Crippen molar-refractivity contribution in [3.05, 3.63) is 0 Å². The van der Waals surface area contributed by atoms with E-state index in [0.717, 1.165) is 12.8 Å². The van der Waals surface area contributed by atoms with Crippen LogP contribution in [0.3, 0.4) is 0 Å². The van der Waals surface area contributed by atoms with E-state index in [-0.39, 0.29) is 6.03 Å². The largest absolute Gasteiger partial charge is 0.479 e. The second-order valence-electron chi connectivity index (χ2n) is 4.53. The first-order chi connectivity index (χ1) is 8.58. The van der Waals surface area contributed by atoms with Gasteiger partial charge in [0.1, 0.15) is 5.54 Å². The molecule has 0 radical (unpaired) electrons. The monoisotopic (exact) mass is 252 g/mol. The van der Waals surface area contributed by atoms with Gasteiger partial charge in [-0.15, -0.1) is 12.3 Å². The van der Waals surface area contributed by atoms with Crippen LogP contribution in [0.5, 0.6) is 0 Å². The number of hydrogen-bond acceptors (Lipinski definition) is 2. The number of carbonyl (C=O) groups is 2. The zero-order valence-corrected chi connectivity index (χ0v) is 10.7. The number of likely N-dealkylation sites (tertiary alicyclic amines) is 1. The lowest BCUT2D eigenvalue weighted by Crippen LogP contribution is -2.56. The fourth-order valence-corrected chi connectivity index (χ4v) is 2.51. The summed E-state index contributed by atoms with van der Waals surface area (Å²) in [5.41, 5.74) is -1.03.